The number of alkyl halides is 3. The summed E-state index contributed by atoms with van der Waals surface area (Å²) in [7, 11) is 0. The fourth-order valence-electron chi connectivity index (χ4n) is 3.13. The van der Waals surface area contributed by atoms with E-state index >= 15 is 0 Å². The van der Waals surface area contributed by atoms with Gasteiger partial charge in [-0.3, -0.25) is 14.8 Å². The molecule has 6 nitrogen and oxygen atoms in total. The number of hydrogen-bond acceptors (Lipinski definition) is 5. The van der Waals surface area contributed by atoms with Gasteiger partial charge in [0.05, 0.1) is 28.1 Å². The van der Waals surface area contributed by atoms with Gasteiger partial charge in [0.25, 0.3) is 5.56 Å². The van der Waals surface area contributed by atoms with Gasteiger partial charge in [-0.25, -0.2) is 4.98 Å². The highest BCUT2D eigenvalue weighted by Gasteiger charge is 2.34. The zero-order valence-corrected chi connectivity index (χ0v) is 17.2. The van der Waals surface area contributed by atoms with Gasteiger partial charge < -0.3 is 9.72 Å². The third-order valence-electron chi connectivity index (χ3n) is 4.71. The van der Waals surface area contributed by atoms with E-state index in [0.29, 0.717) is 17.9 Å². The molecule has 1 aromatic carbocycles. The summed E-state index contributed by atoms with van der Waals surface area (Å²) in [4.78, 5) is 27.1. The van der Waals surface area contributed by atoms with Crippen LogP contribution in [0, 0.1) is 0 Å². The van der Waals surface area contributed by atoms with Crippen LogP contribution in [0.2, 0.25) is 5.02 Å². The molecule has 0 aliphatic rings. The predicted molar refractivity (Wildman–Crippen MR) is 114 cm³/mol. The van der Waals surface area contributed by atoms with Gasteiger partial charge in [-0.05, 0) is 54.8 Å². The molecule has 0 radical (unpaired) electrons. The maximum absolute atomic E-state index is 13.1. The first-order valence-electron chi connectivity index (χ1n) is 9.60. The molecule has 0 unspecified atom stereocenters. The highest BCUT2D eigenvalue weighted by Crippen LogP contribution is 2.35. The number of rotatable bonds is 6. The van der Waals surface area contributed by atoms with Crippen molar-refractivity contribution < 1.29 is 17.9 Å². The Balaban J connectivity index is 1.53. The van der Waals surface area contributed by atoms with E-state index in [1.54, 1.807) is 30.6 Å². The highest BCUT2D eigenvalue weighted by molar-refractivity contribution is 6.31. The number of nitrogens with zero attached hydrogens (tertiary/aromatic N) is 3. The molecular weight excluding hydrogens is 445 g/mol. The number of halogens is 4. The Morgan fingerprint density at radius 1 is 1.09 bits per heavy atom. The van der Waals surface area contributed by atoms with E-state index in [4.69, 9.17) is 16.3 Å². The van der Waals surface area contributed by atoms with Gasteiger partial charge in [-0.15, -0.1) is 0 Å². The SMILES string of the molecule is O=c1[nH]c(-c2cc(C(F)(F)F)c(Cl)cn2)nc2ccc(OCCCc3ccncc3)cc12. The zero-order chi connectivity index (χ0) is 22.7. The van der Waals surface area contributed by atoms with Crippen molar-refractivity contribution in [3.63, 3.8) is 0 Å². The maximum Gasteiger partial charge on any atom is 0.417 e. The average molecular weight is 461 g/mol. The number of hydrogen-bond donors (Lipinski definition) is 1. The van der Waals surface area contributed by atoms with Gasteiger partial charge in [-0.1, -0.05) is 11.6 Å². The third kappa shape index (κ3) is 4.88. The molecule has 164 valence electrons. The number of H-pyrrole nitrogens is 1. The van der Waals surface area contributed by atoms with Crippen LogP contribution in [0.15, 0.2) is 59.8 Å². The number of pyridine rings is 2. The summed E-state index contributed by atoms with van der Waals surface area (Å²) >= 11 is 5.61. The van der Waals surface area contributed by atoms with Crippen LogP contribution < -0.4 is 10.3 Å². The molecule has 3 aromatic heterocycles. The fraction of sp³-hybridized carbons (Fsp3) is 0.182. The quantitative estimate of drug-likeness (QED) is 0.407. The van der Waals surface area contributed by atoms with Crippen molar-refractivity contribution in [2.45, 2.75) is 19.0 Å². The van der Waals surface area contributed by atoms with Gasteiger partial charge in [-0.2, -0.15) is 13.2 Å². The van der Waals surface area contributed by atoms with Crippen LogP contribution in [-0.2, 0) is 12.6 Å². The number of aromatic amines is 1. The first kappa shape index (κ1) is 21.8. The van der Waals surface area contributed by atoms with E-state index in [-0.39, 0.29) is 16.9 Å². The Hall–Kier alpha value is -3.46. The lowest BCUT2D eigenvalue weighted by Gasteiger charge is -2.10. The minimum atomic E-state index is -4.66. The zero-order valence-electron chi connectivity index (χ0n) is 16.5. The Labute approximate surface area is 185 Å². The summed E-state index contributed by atoms with van der Waals surface area (Å²) in [6.45, 7) is 0.451. The molecule has 0 saturated heterocycles. The summed E-state index contributed by atoms with van der Waals surface area (Å²) in [6, 6.07) is 9.41. The molecule has 3 heterocycles. The van der Waals surface area contributed by atoms with Crippen LogP contribution in [0.25, 0.3) is 22.4 Å². The van der Waals surface area contributed by atoms with Crippen LogP contribution in [0.5, 0.6) is 5.75 Å². The van der Waals surface area contributed by atoms with Gasteiger partial charge in [0.1, 0.15) is 11.4 Å². The highest BCUT2D eigenvalue weighted by atomic mass is 35.5. The summed E-state index contributed by atoms with van der Waals surface area (Å²) in [5.41, 5.74) is -0.255. The lowest BCUT2D eigenvalue weighted by atomic mass is 10.1. The van der Waals surface area contributed by atoms with Gasteiger partial charge in [0.15, 0.2) is 5.82 Å². The van der Waals surface area contributed by atoms with E-state index in [1.165, 1.54) is 0 Å². The van der Waals surface area contributed by atoms with Crippen molar-refractivity contribution in [3.8, 4) is 17.3 Å². The predicted octanol–water partition coefficient (Wildman–Crippen LogP) is 5.06. The van der Waals surface area contributed by atoms with E-state index in [2.05, 4.69) is 19.9 Å². The van der Waals surface area contributed by atoms with Crippen molar-refractivity contribution in [1.82, 2.24) is 19.9 Å². The smallest absolute Gasteiger partial charge is 0.417 e. The molecule has 0 aliphatic carbocycles. The van der Waals surface area contributed by atoms with Crippen LogP contribution in [0.4, 0.5) is 13.2 Å². The van der Waals surface area contributed by atoms with Gasteiger partial charge in [0, 0.05) is 18.6 Å². The first-order valence-corrected chi connectivity index (χ1v) is 9.98. The second kappa shape index (κ2) is 8.96. The maximum atomic E-state index is 13.1. The Kier molecular flexibility index (Phi) is 6.09. The first-order chi connectivity index (χ1) is 15.3. The summed E-state index contributed by atoms with van der Waals surface area (Å²) in [6.07, 6.45) is 1.30. The number of fused-ring (bicyclic) bond motifs is 1. The normalized spacial score (nSPS) is 11.6. The number of benzene rings is 1. The van der Waals surface area contributed by atoms with Crippen LogP contribution in [0.1, 0.15) is 17.5 Å². The molecule has 0 amide bonds. The van der Waals surface area contributed by atoms with Crippen molar-refractivity contribution in [2.75, 3.05) is 6.61 Å². The largest absolute Gasteiger partial charge is 0.494 e. The molecule has 0 fully saturated rings. The molecule has 4 rings (SSSR count). The van der Waals surface area contributed by atoms with E-state index < -0.39 is 22.3 Å². The van der Waals surface area contributed by atoms with E-state index in [1.807, 2.05) is 12.1 Å². The number of nitrogens with one attached hydrogen (secondary N) is 1. The molecular formula is C22H16ClF3N4O2. The van der Waals surface area contributed by atoms with Gasteiger partial charge in [0.2, 0.25) is 0 Å². The van der Waals surface area contributed by atoms with Crippen molar-refractivity contribution in [3.05, 3.63) is 81.5 Å². The molecule has 10 heteroatoms. The Morgan fingerprint density at radius 2 is 1.88 bits per heavy atom. The summed E-state index contributed by atoms with van der Waals surface area (Å²) in [5.74, 6) is 0.409. The van der Waals surface area contributed by atoms with Gasteiger partial charge >= 0.3 is 6.18 Å². The summed E-state index contributed by atoms with van der Waals surface area (Å²) < 4.78 is 45.1. The standard InChI is InChI=1S/C22H16ClF3N4O2/c23-17-12-28-19(11-16(17)22(24,25)26)20-29-18-4-3-14(10-15(18)21(31)30-20)32-9-1-2-13-5-7-27-8-6-13/h3-8,10-12H,1-2,9H2,(H,29,30,31). The van der Waals surface area contributed by atoms with Crippen molar-refractivity contribution in [1.29, 1.82) is 0 Å². The van der Waals surface area contributed by atoms with E-state index in [9.17, 15) is 18.0 Å². The Morgan fingerprint density at radius 3 is 2.62 bits per heavy atom. The second-order valence-electron chi connectivity index (χ2n) is 6.95. The molecule has 1 N–H and O–H groups in total. The molecule has 0 bridgehead atoms. The topological polar surface area (TPSA) is 80.8 Å². The fourth-order valence-corrected chi connectivity index (χ4v) is 3.34. The summed E-state index contributed by atoms with van der Waals surface area (Å²) in [5, 5.41) is -0.277. The van der Waals surface area contributed by atoms with Crippen molar-refractivity contribution in [2.24, 2.45) is 0 Å². The lowest BCUT2D eigenvalue weighted by molar-refractivity contribution is -0.137. The number of aromatic nitrogens is 4. The van der Waals surface area contributed by atoms with Crippen LogP contribution >= 0.6 is 11.6 Å². The molecule has 32 heavy (non-hydrogen) atoms. The minimum absolute atomic E-state index is 0.0873. The third-order valence-corrected chi connectivity index (χ3v) is 5.01. The van der Waals surface area contributed by atoms with Crippen molar-refractivity contribution >= 4 is 22.5 Å². The van der Waals surface area contributed by atoms with Crippen LogP contribution in [0.3, 0.4) is 0 Å². The number of ether oxygens (including phenoxy) is 1. The molecule has 0 spiro atoms. The molecule has 0 atom stereocenters. The lowest BCUT2D eigenvalue weighted by Crippen LogP contribution is -2.12. The van der Waals surface area contributed by atoms with Crippen LogP contribution in [-0.4, -0.2) is 26.5 Å². The van der Waals surface area contributed by atoms with E-state index in [0.717, 1.165) is 30.7 Å². The monoisotopic (exact) mass is 460 g/mol. The number of aryl methyl sites for hydroxylation is 1. The molecule has 4 aromatic rings. The minimum Gasteiger partial charge on any atom is -0.494 e. The molecule has 0 aliphatic heterocycles. The second-order valence-corrected chi connectivity index (χ2v) is 7.36. The molecule has 0 saturated carbocycles. The average Bonchev–Trinajstić information content (AvgIpc) is 2.77. The Bertz CT molecular complexity index is 1310.